The van der Waals surface area contributed by atoms with Crippen LogP contribution in [0, 0.1) is 5.92 Å². The Bertz CT molecular complexity index is 305. The van der Waals surface area contributed by atoms with E-state index in [0.29, 0.717) is 5.92 Å². The molecule has 2 heteroatoms. The van der Waals surface area contributed by atoms with E-state index in [1.165, 1.54) is 11.3 Å². The van der Waals surface area contributed by atoms with Crippen molar-refractivity contribution in [1.82, 2.24) is 0 Å². The van der Waals surface area contributed by atoms with Crippen molar-refractivity contribution in [2.75, 3.05) is 18.6 Å². The molecular weight excluding hydrogens is 198 g/mol. The molecule has 2 nitrogen and oxygen atoms in total. The molecule has 1 unspecified atom stereocenters. The predicted molar refractivity (Wildman–Crippen MR) is 69.9 cm³/mol. The largest absolute Gasteiger partial charge is 0.394 e. The summed E-state index contributed by atoms with van der Waals surface area (Å²) in [5, 5.41) is 9.39. The van der Waals surface area contributed by atoms with Gasteiger partial charge in [-0.1, -0.05) is 32.9 Å². The summed E-state index contributed by atoms with van der Waals surface area (Å²) in [5.41, 5.74) is 2.52. The second kappa shape index (κ2) is 5.90. The van der Waals surface area contributed by atoms with E-state index in [2.05, 4.69) is 49.9 Å². The van der Waals surface area contributed by atoms with Crippen LogP contribution in [0.1, 0.15) is 26.3 Å². The van der Waals surface area contributed by atoms with Gasteiger partial charge in [-0.05, 0) is 30.0 Å². The Morgan fingerprint density at radius 2 is 1.75 bits per heavy atom. The number of aliphatic hydroxyl groups is 1. The molecular formula is C14H23NO. The molecule has 1 aromatic rings. The lowest BCUT2D eigenvalue weighted by atomic mass is 10.0. The topological polar surface area (TPSA) is 23.5 Å². The monoisotopic (exact) mass is 221 g/mol. The fourth-order valence-electron chi connectivity index (χ4n) is 1.94. The number of anilines is 1. The third-order valence-electron chi connectivity index (χ3n) is 3.21. The molecule has 0 saturated carbocycles. The van der Waals surface area contributed by atoms with Gasteiger partial charge in [-0.15, -0.1) is 0 Å². The first-order chi connectivity index (χ1) is 7.60. The molecule has 0 radical (unpaired) electrons. The Kier molecular flexibility index (Phi) is 4.81. The van der Waals surface area contributed by atoms with E-state index >= 15 is 0 Å². The SMILES string of the molecule is CCc1ccc(N(C)C(CO)C(C)C)cc1. The summed E-state index contributed by atoms with van der Waals surface area (Å²) in [4.78, 5) is 2.16. The van der Waals surface area contributed by atoms with Crippen molar-refractivity contribution in [3.8, 4) is 0 Å². The highest BCUT2D eigenvalue weighted by Crippen LogP contribution is 2.19. The van der Waals surface area contributed by atoms with Gasteiger partial charge in [0.2, 0.25) is 0 Å². The Morgan fingerprint density at radius 1 is 1.19 bits per heavy atom. The van der Waals surface area contributed by atoms with Crippen LogP contribution in [-0.2, 0) is 6.42 Å². The minimum atomic E-state index is 0.187. The van der Waals surface area contributed by atoms with Crippen LogP contribution in [0.3, 0.4) is 0 Å². The Hall–Kier alpha value is -1.02. The van der Waals surface area contributed by atoms with Gasteiger partial charge in [0.05, 0.1) is 12.6 Å². The summed E-state index contributed by atoms with van der Waals surface area (Å²) in [7, 11) is 2.04. The van der Waals surface area contributed by atoms with Gasteiger partial charge in [-0.2, -0.15) is 0 Å². The van der Waals surface area contributed by atoms with Gasteiger partial charge in [-0.25, -0.2) is 0 Å². The van der Waals surface area contributed by atoms with E-state index in [4.69, 9.17) is 0 Å². The normalized spacial score (nSPS) is 12.9. The third-order valence-corrected chi connectivity index (χ3v) is 3.21. The zero-order valence-electron chi connectivity index (χ0n) is 10.8. The molecule has 16 heavy (non-hydrogen) atoms. The van der Waals surface area contributed by atoms with Gasteiger partial charge in [0.25, 0.3) is 0 Å². The zero-order valence-corrected chi connectivity index (χ0v) is 10.8. The van der Waals surface area contributed by atoms with Crippen LogP contribution in [0.5, 0.6) is 0 Å². The molecule has 0 bridgehead atoms. The van der Waals surface area contributed by atoms with Crippen LogP contribution in [0.25, 0.3) is 0 Å². The second-order valence-electron chi connectivity index (χ2n) is 4.62. The van der Waals surface area contributed by atoms with Gasteiger partial charge >= 0.3 is 0 Å². The highest BCUT2D eigenvalue weighted by Gasteiger charge is 2.17. The summed E-state index contributed by atoms with van der Waals surface area (Å²) in [6.07, 6.45) is 1.07. The number of aliphatic hydroxyl groups excluding tert-OH is 1. The average molecular weight is 221 g/mol. The summed E-state index contributed by atoms with van der Waals surface area (Å²) < 4.78 is 0. The van der Waals surface area contributed by atoms with Crippen molar-refractivity contribution in [3.63, 3.8) is 0 Å². The molecule has 0 aliphatic rings. The fourth-order valence-corrected chi connectivity index (χ4v) is 1.94. The van der Waals surface area contributed by atoms with Gasteiger partial charge < -0.3 is 10.0 Å². The highest BCUT2D eigenvalue weighted by atomic mass is 16.3. The molecule has 1 rings (SSSR count). The lowest BCUT2D eigenvalue weighted by Crippen LogP contribution is -2.38. The molecule has 1 atom stereocenters. The molecule has 0 aromatic heterocycles. The van der Waals surface area contributed by atoms with Crippen LogP contribution in [-0.4, -0.2) is 24.8 Å². The second-order valence-corrected chi connectivity index (χ2v) is 4.62. The molecule has 0 amide bonds. The van der Waals surface area contributed by atoms with E-state index in [0.717, 1.165) is 6.42 Å². The van der Waals surface area contributed by atoms with Crippen LogP contribution in [0.4, 0.5) is 5.69 Å². The van der Waals surface area contributed by atoms with Crippen molar-refractivity contribution >= 4 is 5.69 Å². The van der Waals surface area contributed by atoms with E-state index in [1.807, 2.05) is 7.05 Å². The van der Waals surface area contributed by atoms with Crippen LogP contribution >= 0.6 is 0 Å². The van der Waals surface area contributed by atoms with Crippen molar-refractivity contribution in [3.05, 3.63) is 29.8 Å². The Balaban J connectivity index is 2.82. The van der Waals surface area contributed by atoms with Crippen LogP contribution < -0.4 is 4.90 Å². The maximum absolute atomic E-state index is 9.39. The molecule has 1 aromatic carbocycles. The summed E-state index contributed by atoms with van der Waals surface area (Å²) in [6.45, 7) is 6.63. The summed E-state index contributed by atoms with van der Waals surface area (Å²) in [5.74, 6) is 0.445. The first-order valence-corrected chi connectivity index (χ1v) is 6.02. The predicted octanol–water partition coefficient (Wildman–Crippen LogP) is 2.70. The fraction of sp³-hybridized carbons (Fsp3) is 0.571. The van der Waals surface area contributed by atoms with Crippen LogP contribution in [0.15, 0.2) is 24.3 Å². The van der Waals surface area contributed by atoms with Gasteiger partial charge in [0.1, 0.15) is 0 Å². The number of likely N-dealkylation sites (N-methyl/N-ethyl adjacent to an activating group) is 1. The van der Waals surface area contributed by atoms with E-state index in [1.54, 1.807) is 0 Å². The average Bonchev–Trinajstić information content (AvgIpc) is 2.29. The minimum Gasteiger partial charge on any atom is -0.394 e. The molecule has 0 saturated heterocycles. The maximum atomic E-state index is 9.39. The van der Waals surface area contributed by atoms with E-state index in [-0.39, 0.29) is 12.6 Å². The zero-order chi connectivity index (χ0) is 12.1. The molecule has 0 spiro atoms. The first-order valence-electron chi connectivity index (χ1n) is 6.02. The lowest BCUT2D eigenvalue weighted by molar-refractivity contribution is 0.234. The number of aryl methyl sites for hydroxylation is 1. The van der Waals surface area contributed by atoms with Crippen molar-refractivity contribution < 1.29 is 5.11 Å². The number of hydrogen-bond acceptors (Lipinski definition) is 2. The number of nitrogens with zero attached hydrogens (tertiary/aromatic N) is 1. The third kappa shape index (κ3) is 2.99. The maximum Gasteiger partial charge on any atom is 0.0637 e. The standard InChI is InChI=1S/C14H23NO/c1-5-12-6-8-13(9-7-12)15(4)14(10-16)11(2)3/h6-9,11,14,16H,5,10H2,1-4H3. The van der Waals surface area contributed by atoms with E-state index < -0.39 is 0 Å². The van der Waals surface area contributed by atoms with Crippen LogP contribution in [0.2, 0.25) is 0 Å². The minimum absolute atomic E-state index is 0.187. The number of benzene rings is 1. The van der Waals surface area contributed by atoms with Crippen molar-refractivity contribution in [2.24, 2.45) is 5.92 Å². The molecule has 1 N–H and O–H groups in total. The molecule has 0 aliphatic carbocycles. The molecule has 0 aliphatic heterocycles. The first kappa shape index (κ1) is 13.0. The highest BCUT2D eigenvalue weighted by molar-refractivity contribution is 5.48. The van der Waals surface area contributed by atoms with E-state index in [9.17, 15) is 5.11 Å². The number of hydrogen-bond donors (Lipinski definition) is 1. The summed E-state index contributed by atoms with van der Waals surface area (Å²) in [6, 6.07) is 8.75. The van der Waals surface area contributed by atoms with Gasteiger partial charge in [-0.3, -0.25) is 0 Å². The lowest BCUT2D eigenvalue weighted by Gasteiger charge is -2.31. The molecule has 0 heterocycles. The Labute approximate surface area is 98.9 Å². The van der Waals surface area contributed by atoms with Crippen molar-refractivity contribution in [1.29, 1.82) is 0 Å². The Morgan fingerprint density at radius 3 is 2.12 bits per heavy atom. The van der Waals surface area contributed by atoms with Gasteiger partial charge in [0.15, 0.2) is 0 Å². The van der Waals surface area contributed by atoms with Crippen molar-refractivity contribution in [2.45, 2.75) is 33.2 Å². The smallest absolute Gasteiger partial charge is 0.0637 e. The quantitative estimate of drug-likeness (QED) is 0.826. The summed E-state index contributed by atoms with van der Waals surface area (Å²) >= 11 is 0. The van der Waals surface area contributed by atoms with Gasteiger partial charge in [0, 0.05) is 12.7 Å². The number of rotatable bonds is 5. The molecule has 0 fully saturated rings. The molecule has 90 valence electrons.